The number of aryl methyl sites for hydroxylation is 2. The molecule has 0 unspecified atom stereocenters. The zero-order valence-corrected chi connectivity index (χ0v) is 41.8. The fraction of sp³-hybridized carbons (Fsp3) is 0.387. The van der Waals surface area contributed by atoms with Gasteiger partial charge in [-0.25, -0.2) is 4.39 Å². The molecule has 2 saturated carbocycles. The number of fused-ring (bicyclic) bond motifs is 2. The molecule has 0 saturated heterocycles. The van der Waals surface area contributed by atoms with Gasteiger partial charge in [-0.15, -0.1) is 0 Å². The van der Waals surface area contributed by atoms with Gasteiger partial charge in [-0.05, 0) is 172 Å². The fourth-order valence-corrected chi connectivity index (χ4v) is 11.3. The molecule has 0 spiro atoms. The van der Waals surface area contributed by atoms with E-state index in [1.165, 1.54) is 125 Å². The maximum Gasteiger partial charge on any atom is 0.200 e. The van der Waals surface area contributed by atoms with Crippen LogP contribution < -0.4 is 20.1 Å². The summed E-state index contributed by atoms with van der Waals surface area (Å²) in [6, 6.07) is 30.2. The van der Waals surface area contributed by atoms with Crippen molar-refractivity contribution in [2.45, 2.75) is 142 Å². The van der Waals surface area contributed by atoms with Crippen molar-refractivity contribution in [2.75, 3.05) is 10.6 Å². The number of ether oxygens (including phenoxy) is 2. The number of aromatic hydroxyl groups is 2. The smallest absolute Gasteiger partial charge is 0.200 e. The highest BCUT2D eigenvalue weighted by Crippen LogP contribution is 2.51. The zero-order valence-electron chi connectivity index (χ0n) is 41.8. The Bertz CT molecular complexity index is 2840. The number of carbonyl (C=O) groups is 2. The molecule has 3 aliphatic rings. The van der Waals surface area contributed by atoms with Crippen LogP contribution in [0.4, 0.5) is 27.1 Å². The number of ketones is 2. The molecule has 0 atom stereocenters. The standard InChI is InChI=1S/C62H69FN2O6/c1-5-7-9-11-40-14-18-42(19-15-40)44-22-31-49(32-23-44)70-53-36-51(64-47-29-26-46(63)27-30-47)55-57(59(53)66)62(69)56-52(65-48-28-13-38(3)39(4)35-48)37-54(60(67)58(56)61(55)68)71-50-33-24-45(25-34-50)43-20-16-41(17-21-43)12-10-8-6-2/h13,22-37,40-43,64-67H,5-12,14-21H2,1-4H3. The molecule has 0 bridgehead atoms. The Kier molecular flexibility index (Phi) is 15.4. The summed E-state index contributed by atoms with van der Waals surface area (Å²) in [6.07, 6.45) is 19.9. The van der Waals surface area contributed by atoms with Crippen LogP contribution in [0, 0.1) is 31.5 Å². The van der Waals surface area contributed by atoms with Crippen LogP contribution in [-0.2, 0) is 0 Å². The summed E-state index contributed by atoms with van der Waals surface area (Å²) >= 11 is 0. The van der Waals surface area contributed by atoms with Crippen LogP contribution in [0.15, 0.2) is 103 Å². The minimum atomic E-state index is -0.725. The minimum absolute atomic E-state index is 0.0271. The van der Waals surface area contributed by atoms with Gasteiger partial charge in [0.05, 0.1) is 33.6 Å². The predicted octanol–water partition coefficient (Wildman–Crippen LogP) is 17.4. The SMILES string of the molecule is CCCCCC1CCC(c2ccc(Oc3cc(Nc4ccc(F)cc4)c4c(c3O)C(=O)c3c(Nc5ccc(C)c(C)c5)cc(Oc5ccc(C6CCC(CCCCC)CC6)cc5)c(O)c3C4=O)cc2)CC1. The minimum Gasteiger partial charge on any atom is -0.504 e. The highest BCUT2D eigenvalue weighted by molar-refractivity contribution is 6.34. The van der Waals surface area contributed by atoms with Gasteiger partial charge in [-0.2, -0.15) is 0 Å². The second-order valence-corrected chi connectivity index (χ2v) is 20.5. The lowest BCUT2D eigenvalue weighted by molar-refractivity contribution is 0.0974. The molecule has 71 heavy (non-hydrogen) atoms. The van der Waals surface area contributed by atoms with E-state index in [4.69, 9.17) is 9.47 Å². The van der Waals surface area contributed by atoms with Gasteiger partial charge in [0, 0.05) is 23.5 Å². The number of phenolic OH excluding ortho intramolecular Hbond substituents is 2. The average Bonchev–Trinajstić information content (AvgIpc) is 3.38. The predicted molar refractivity (Wildman–Crippen MR) is 283 cm³/mol. The second kappa shape index (κ2) is 22.2. The molecule has 2 fully saturated rings. The molecule has 9 rings (SSSR count). The Morgan fingerprint density at radius 1 is 0.507 bits per heavy atom. The molecule has 0 aliphatic heterocycles. The third kappa shape index (κ3) is 11.1. The number of nitrogens with one attached hydrogen (secondary N) is 2. The summed E-state index contributed by atoms with van der Waals surface area (Å²) < 4.78 is 27.0. The molecule has 4 N–H and O–H groups in total. The van der Waals surface area contributed by atoms with Crippen LogP contribution >= 0.6 is 0 Å². The maximum atomic E-state index is 15.2. The number of unbranched alkanes of at least 4 members (excludes halogenated alkanes) is 4. The normalized spacial score (nSPS) is 18.7. The van der Waals surface area contributed by atoms with Gasteiger partial charge < -0.3 is 30.3 Å². The molecular formula is C62H69FN2O6. The van der Waals surface area contributed by atoms with E-state index in [0.717, 1.165) is 48.6 Å². The van der Waals surface area contributed by atoms with Crippen molar-refractivity contribution < 1.29 is 33.7 Å². The number of phenols is 2. The molecule has 0 heterocycles. The van der Waals surface area contributed by atoms with Gasteiger partial charge in [0.2, 0.25) is 11.6 Å². The van der Waals surface area contributed by atoms with Crippen LogP contribution in [0.2, 0.25) is 0 Å². The van der Waals surface area contributed by atoms with E-state index >= 15 is 9.59 Å². The van der Waals surface area contributed by atoms with Gasteiger partial charge >= 0.3 is 0 Å². The van der Waals surface area contributed by atoms with Crippen molar-refractivity contribution in [2.24, 2.45) is 11.8 Å². The Labute approximate surface area is 419 Å². The van der Waals surface area contributed by atoms with Crippen molar-refractivity contribution in [1.82, 2.24) is 0 Å². The van der Waals surface area contributed by atoms with E-state index in [2.05, 4.69) is 48.7 Å². The van der Waals surface area contributed by atoms with Crippen LogP contribution in [0.5, 0.6) is 34.5 Å². The van der Waals surface area contributed by atoms with Gasteiger partial charge in [0.25, 0.3) is 0 Å². The molecule has 0 radical (unpaired) electrons. The quantitative estimate of drug-likeness (QED) is 0.0496. The fourth-order valence-electron chi connectivity index (χ4n) is 11.3. The van der Waals surface area contributed by atoms with Crippen LogP contribution in [0.1, 0.15) is 183 Å². The van der Waals surface area contributed by atoms with Gasteiger partial charge in [-0.3, -0.25) is 9.59 Å². The topological polar surface area (TPSA) is 117 Å². The van der Waals surface area contributed by atoms with E-state index in [1.807, 2.05) is 56.3 Å². The summed E-state index contributed by atoms with van der Waals surface area (Å²) in [5.74, 6) is 0.421. The highest BCUT2D eigenvalue weighted by Gasteiger charge is 2.41. The molecule has 8 nitrogen and oxygen atoms in total. The van der Waals surface area contributed by atoms with E-state index in [1.54, 1.807) is 0 Å². The molecule has 6 aromatic rings. The number of halogens is 1. The Balaban J connectivity index is 1.05. The summed E-state index contributed by atoms with van der Waals surface area (Å²) in [6.45, 7) is 8.49. The lowest BCUT2D eigenvalue weighted by Crippen LogP contribution is -2.24. The van der Waals surface area contributed by atoms with Crippen LogP contribution in [-0.4, -0.2) is 21.8 Å². The first kappa shape index (κ1) is 49.4. The lowest BCUT2D eigenvalue weighted by atomic mass is 9.77. The van der Waals surface area contributed by atoms with Crippen molar-refractivity contribution in [1.29, 1.82) is 0 Å². The van der Waals surface area contributed by atoms with E-state index in [-0.39, 0.29) is 45.1 Å². The Morgan fingerprint density at radius 2 is 0.930 bits per heavy atom. The number of benzene rings is 6. The molecule has 0 amide bonds. The number of carbonyl (C=O) groups excluding carboxylic acids is 2. The number of hydrogen-bond donors (Lipinski definition) is 4. The summed E-state index contributed by atoms with van der Waals surface area (Å²) in [7, 11) is 0. The van der Waals surface area contributed by atoms with Crippen molar-refractivity contribution in [3.05, 3.63) is 153 Å². The molecule has 9 heteroatoms. The van der Waals surface area contributed by atoms with E-state index in [0.29, 0.717) is 34.7 Å². The largest absolute Gasteiger partial charge is 0.504 e. The first-order chi connectivity index (χ1) is 34.5. The highest BCUT2D eigenvalue weighted by atomic mass is 19.1. The molecule has 3 aliphatic carbocycles. The summed E-state index contributed by atoms with van der Waals surface area (Å²) in [4.78, 5) is 30.4. The van der Waals surface area contributed by atoms with Gasteiger partial charge in [-0.1, -0.05) is 95.5 Å². The van der Waals surface area contributed by atoms with E-state index in [9.17, 15) is 14.6 Å². The first-order valence-corrected chi connectivity index (χ1v) is 26.3. The van der Waals surface area contributed by atoms with Gasteiger partial charge in [0.15, 0.2) is 23.0 Å². The molecular weight excluding hydrogens is 888 g/mol. The van der Waals surface area contributed by atoms with Crippen molar-refractivity contribution >= 4 is 34.3 Å². The van der Waals surface area contributed by atoms with E-state index < -0.39 is 28.9 Å². The third-order valence-corrected chi connectivity index (χ3v) is 15.6. The lowest BCUT2D eigenvalue weighted by Gasteiger charge is -2.29. The monoisotopic (exact) mass is 957 g/mol. The van der Waals surface area contributed by atoms with Crippen molar-refractivity contribution in [3.63, 3.8) is 0 Å². The third-order valence-electron chi connectivity index (χ3n) is 15.6. The second-order valence-electron chi connectivity index (χ2n) is 20.5. The average molecular weight is 957 g/mol. The Morgan fingerprint density at radius 3 is 1.35 bits per heavy atom. The zero-order chi connectivity index (χ0) is 49.6. The Hall–Kier alpha value is -6.61. The van der Waals surface area contributed by atoms with Gasteiger partial charge in [0.1, 0.15) is 17.3 Å². The number of hydrogen-bond acceptors (Lipinski definition) is 8. The van der Waals surface area contributed by atoms with Crippen molar-refractivity contribution in [3.8, 4) is 34.5 Å². The number of anilines is 4. The van der Waals surface area contributed by atoms with Crippen LogP contribution in [0.3, 0.4) is 0 Å². The summed E-state index contributed by atoms with van der Waals surface area (Å²) in [5.41, 5.74) is 5.08. The molecule has 0 aromatic heterocycles. The number of rotatable bonds is 18. The van der Waals surface area contributed by atoms with Crippen LogP contribution in [0.25, 0.3) is 0 Å². The molecule has 370 valence electrons. The first-order valence-electron chi connectivity index (χ1n) is 26.3. The maximum absolute atomic E-state index is 15.2. The summed E-state index contributed by atoms with van der Waals surface area (Å²) in [5, 5.41) is 30.9. The molecule has 6 aromatic carbocycles.